The van der Waals surface area contributed by atoms with Crippen molar-refractivity contribution in [2.45, 2.75) is 39.3 Å². The molecular weight excluding hydrogens is 325 g/mol. The Morgan fingerprint density at radius 1 is 1.55 bits per heavy atom. The summed E-state index contributed by atoms with van der Waals surface area (Å²) in [5.74, 6) is -0.902. The molecule has 0 heterocycles. The van der Waals surface area contributed by atoms with Gasteiger partial charge in [-0.25, -0.2) is 4.39 Å². The summed E-state index contributed by atoms with van der Waals surface area (Å²) in [4.78, 5) is 12.2. The highest BCUT2D eigenvalue weighted by molar-refractivity contribution is 9.10. The number of hydrogen-bond acceptors (Lipinski definition) is 2. The van der Waals surface area contributed by atoms with E-state index in [1.54, 1.807) is 12.1 Å². The zero-order valence-corrected chi connectivity index (χ0v) is 13.5. The minimum Gasteiger partial charge on any atom is -0.378 e. The first-order valence-corrected chi connectivity index (χ1v) is 7.53. The fourth-order valence-corrected chi connectivity index (χ4v) is 2.90. The van der Waals surface area contributed by atoms with Crippen molar-refractivity contribution in [2.75, 3.05) is 6.61 Å². The Morgan fingerprint density at radius 2 is 2.25 bits per heavy atom. The molecule has 1 aliphatic rings. The molecule has 2 rings (SSSR count). The smallest absolute Gasteiger partial charge is 0.254 e. The highest BCUT2D eigenvalue weighted by atomic mass is 79.9. The molecule has 2 unspecified atom stereocenters. The Hall–Kier alpha value is -0.940. The first kappa shape index (κ1) is 15.4. The van der Waals surface area contributed by atoms with Crippen LogP contribution < -0.4 is 5.32 Å². The molecule has 1 aromatic rings. The van der Waals surface area contributed by atoms with E-state index in [-0.39, 0.29) is 29.0 Å². The molecule has 0 radical (unpaired) electrons. The van der Waals surface area contributed by atoms with Gasteiger partial charge in [-0.3, -0.25) is 4.79 Å². The first-order chi connectivity index (χ1) is 9.37. The number of amides is 1. The van der Waals surface area contributed by atoms with Crippen LogP contribution in [0.3, 0.4) is 0 Å². The quantitative estimate of drug-likeness (QED) is 0.908. The van der Waals surface area contributed by atoms with Gasteiger partial charge in [-0.1, -0.05) is 19.9 Å². The van der Waals surface area contributed by atoms with Crippen LogP contribution in [0, 0.1) is 11.2 Å². The van der Waals surface area contributed by atoms with Gasteiger partial charge >= 0.3 is 0 Å². The summed E-state index contributed by atoms with van der Waals surface area (Å²) in [5.41, 5.74) is -0.0659. The van der Waals surface area contributed by atoms with Crippen LogP contribution in [-0.4, -0.2) is 24.7 Å². The molecule has 3 nitrogen and oxygen atoms in total. The van der Waals surface area contributed by atoms with Crippen LogP contribution in [0.5, 0.6) is 0 Å². The van der Waals surface area contributed by atoms with Crippen LogP contribution in [-0.2, 0) is 4.74 Å². The number of rotatable bonds is 4. The molecule has 0 bridgehead atoms. The second kappa shape index (κ2) is 5.82. The van der Waals surface area contributed by atoms with E-state index in [9.17, 15) is 9.18 Å². The Balaban J connectivity index is 2.05. The van der Waals surface area contributed by atoms with Gasteiger partial charge < -0.3 is 10.1 Å². The van der Waals surface area contributed by atoms with Crippen molar-refractivity contribution in [2.24, 2.45) is 5.41 Å². The lowest BCUT2D eigenvalue weighted by molar-refractivity contribution is -0.111. The molecule has 1 N–H and O–H groups in total. The average Bonchev–Trinajstić information content (AvgIpc) is 2.40. The normalized spacial score (nSPS) is 24.1. The molecular formula is C15H19BrFNO2. The summed E-state index contributed by atoms with van der Waals surface area (Å²) in [6.45, 7) is 6.73. The number of nitrogens with one attached hydrogen (secondary N) is 1. The minimum atomic E-state index is -0.525. The van der Waals surface area contributed by atoms with Crippen molar-refractivity contribution >= 4 is 21.8 Å². The summed E-state index contributed by atoms with van der Waals surface area (Å²) in [6, 6.07) is 4.72. The molecule has 1 aromatic carbocycles. The van der Waals surface area contributed by atoms with Crippen molar-refractivity contribution in [3.05, 3.63) is 34.1 Å². The number of halogens is 2. The summed E-state index contributed by atoms with van der Waals surface area (Å²) in [5, 5.41) is 2.90. The molecule has 0 aliphatic heterocycles. The van der Waals surface area contributed by atoms with E-state index in [4.69, 9.17) is 4.74 Å². The maximum atomic E-state index is 13.9. The predicted octanol–water partition coefficient (Wildman–Crippen LogP) is 3.52. The predicted molar refractivity (Wildman–Crippen MR) is 79.2 cm³/mol. The molecule has 0 saturated heterocycles. The molecule has 1 amide bonds. The number of benzene rings is 1. The molecule has 2 atom stereocenters. The van der Waals surface area contributed by atoms with Gasteiger partial charge in [-0.2, -0.15) is 0 Å². The monoisotopic (exact) mass is 343 g/mol. The second-order valence-corrected chi connectivity index (χ2v) is 6.48. The standard InChI is InChI=1S/C15H19BrFNO2/c1-4-20-12-8-11(15(12,2)3)18-14(19)9-6-5-7-10(16)13(9)17/h5-7,11-12H,4,8H2,1-3H3,(H,18,19). The number of ether oxygens (including phenoxy) is 1. The van der Waals surface area contributed by atoms with Gasteiger partial charge in [0.05, 0.1) is 16.1 Å². The Kier molecular flexibility index (Phi) is 4.49. The zero-order valence-electron chi connectivity index (χ0n) is 11.9. The van der Waals surface area contributed by atoms with Crippen molar-refractivity contribution in [1.29, 1.82) is 0 Å². The van der Waals surface area contributed by atoms with Crippen molar-refractivity contribution in [1.82, 2.24) is 5.32 Å². The highest BCUT2D eigenvalue weighted by Crippen LogP contribution is 2.42. The molecule has 0 aromatic heterocycles. The lowest BCUT2D eigenvalue weighted by atomic mass is 9.64. The maximum Gasteiger partial charge on any atom is 0.254 e. The van der Waals surface area contributed by atoms with Crippen molar-refractivity contribution in [3.63, 3.8) is 0 Å². The average molecular weight is 344 g/mol. The van der Waals surface area contributed by atoms with Crippen LogP contribution >= 0.6 is 15.9 Å². The topological polar surface area (TPSA) is 38.3 Å². The highest BCUT2D eigenvalue weighted by Gasteiger charge is 2.49. The third-order valence-corrected chi connectivity index (χ3v) is 4.66. The van der Waals surface area contributed by atoms with Crippen LogP contribution in [0.25, 0.3) is 0 Å². The largest absolute Gasteiger partial charge is 0.378 e. The SMILES string of the molecule is CCOC1CC(NC(=O)c2cccc(Br)c2F)C1(C)C. The molecule has 5 heteroatoms. The summed E-state index contributed by atoms with van der Waals surface area (Å²) in [6.07, 6.45) is 0.910. The van der Waals surface area contributed by atoms with Gasteiger partial charge in [0.15, 0.2) is 0 Å². The van der Waals surface area contributed by atoms with E-state index in [0.29, 0.717) is 11.1 Å². The van der Waals surface area contributed by atoms with Gasteiger partial charge in [0.2, 0.25) is 0 Å². The third-order valence-electron chi connectivity index (χ3n) is 4.05. The number of hydrogen-bond donors (Lipinski definition) is 1. The minimum absolute atomic E-state index is 0.00457. The van der Waals surface area contributed by atoms with Crippen LogP contribution in [0.2, 0.25) is 0 Å². The Labute approximate surface area is 127 Å². The van der Waals surface area contributed by atoms with Gasteiger partial charge in [-0.15, -0.1) is 0 Å². The molecule has 20 heavy (non-hydrogen) atoms. The van der Waals surface area contributed by atoms with Gasteiger partial charge in [0.1, 0.15) is 5.82 Å². The fourth-order valence-electron chi connectivity index (χ4n) is 2.53. The number of carbonyl (C=O) groups excluding carboxylic acids is 1. The summed E-state index contributed by atoms with van der Waals surface area (Å²) < 4.78 is 19.8. The van der Waals surface area contributed by atoms with E-state index < -0.39 is 5.82 Å². The lowest BCUT2D eigenvalue weighted by Crippen LogP contribution is -2.62. The maximum absolute atomic E-state index is 13.9. The van der Waals surface area contributed by atoms with Gasteiger partial charge in [0, 0.05) is 18.1 Å². The number of carbonyl (C=O) groups is 1. The zero-order chi connectivity index (χ0) is 14.9. The van der Waals surface area contributed by atoms with Gasteiger partial charge in [-0.05, 0) is 41.4 Å². The molecule has 1 saturated carbocycles. The second-order valence-electron chi connectivity index (χ2n) is 5.63. The van der Waals surface area contributed by atoms with E-state index in [2.05, 4.69) is 35.1 Å². The van der Waals surface area contributed by atoms with Crippen molar-refractivity contribution < 1.29 is 13.9 Å². The summed E-state index contributed by atoms with van der Waals surface area (Å²) in [7, 11) is 0. The summed E-state index contributed by atoms with van der Waals surface area (Å²) >= 11 is 3.09. The third kappa shape index (κ3) is 2.74. The van der Waals surface area contributed by atoms with Gasteiger partial charge in [0.25, 0.3) is 5.91 Å². The van der Waals surface area contributed by atoms with Crippen LogP contribution in [0.1, 0.15) is 37.6 Å². The van der Waals surface area contributed by atoms with Crippen LogP contribution in [0.15, 0.2) is 22.7 Å². The molecule has 1 fully saturated rings. The Morgan fingerprint density at radius 3 is 2.85 bits per heavy atom. The fraction of sp³-hybridized carbons (Fsp3) is 0.533. The molecule has 110 valence electrons. The van der Waals surface area contributed by atoms with E-state index in [1.165, 1.54) is 6.07 Å². The Bertz CT molecular complexity index is 519. The van der Waals surface area contributed by atoms with E-state index in [1.807, 2.05) is 6.92 Å². The first-order valence-electron chi connectivity index (χ1n) is 6.74. The molecule has 0 spiro atoms. The van der Waals surface area contributed by atoms with Crippen molar-refractivity contribution in [3.8, 4) is 0 Å². The van der Waals surface area contributed by atoms with E-state index >= 15 is 0 Å². The van der Waals surface area contributed by atoms with E-state index in [0.717, 1.165) is 6.42 Å². The lowest BCUT2D eigenvalue weighted by Gasteiger charge is -2.51. The van der Waals surface area contributed by atoms with Crippen LogP contribution in [0.4, 0.5) is 4.39 Å². The molecule has 1 aliphatic carbocycles.